The van der Waals surface area contributed by atoms with Crippen LogP contribution in [0.25, 0.3) is 0 Å². The van der Waals surface area contributed by atoms with Gasteiger partial charge in [0.1, 0.15) is 5.75 Å². The largest absolute Gasteiger partial charge is 0.482 e. The second kappa shape index (κ2) is 6.70. The second-order valence-electron chi connectivity index (χ2n) is 4.51. The molecule has 1 amide bonds. The smallest absolute Gasteiger partial charge is 0.260 e. The lowest BCUT2D eigenvalue weighted by Gasteiger charge is -2.26. The summed E-state index contributed by atoms with van der Waals surface area (Å²) in [5.41, 5.74) is 0.445. The number of para-hydroxylation sites is 1. The molecule has 0 spiro atoms. The number of hydrogen-bond acceptors (Lipinski definition) is 3. The number of halogens is 1. The zero-order chi connectivity index (χ0) is 13.7. The van der Waals surface area contributed by atoms with E-state index in [0.717, 1.165) is 32.2 Å². The highest BCUT2D eigenvalue weighted by Gasteiger charge is 2.18. The van der Waals surface area contributed by atoms with Crippen molar-refractivity contribution >= 4 is 28.1 Å². The summed E-state index contributed by atoms with van der Waals surface area (Å²) in [5, 5.41) is 0. The van der Waals surface area contributed by atoms with Crippen molar-refractivity contribution < 1.29 is 14.3 Å². The van der Waals surface area contributed by atoms with Crippen molar-refractivity contribution in [1.82, 2.24) is 4.90 Å². The summed E-state index contributed by atoms with van der Waals surface area (Å²) in [6.45, 7) is 1.58. The minimum Gasteiger partial charge on any atom is -0.482 e. The zero-order valence-corrected chi connectivity index (χ0v) is 12.2. The van der Waals surface area contributed by atoms with Crippen molar-refractivity contribution in [2.45, 2.75) is 19.3 Å². The predicted octanol–water partition coefficient (Wildman–Crippen LogP) is 2.65. The topological polar surface area (TPSA) is 46.6 Å². The highest BCUT2D eigenvalue weighted by molar-refractivity contribution is 9.10. The zero-order valence-electron chi connectivity index (χ0n) is 10.6. The first-order valence-electron chi connectivity index (χ1n) is 6.36. The van der Waals surface area contributed by atoms with Crippen molar-refractivity contribution in [1.29, 1.82) is 0 Å². The molecule has 1 heterocycles. The molecule has 0 N–H and O–H groups in total. The van der Waals surface area contributed by atoms with Crippen LogP contribution in [0.3, 0.4) is 0 Å². The van der Waals surface area contributed by atoms with Crippen LogP contribution in [-0.4, -0.2) is 36.8 Å². The second-order valence-corrected chi connectivity index (χ2v) is 5.36. The molecule has 1 aromatic carbocycles. The van der Waals surface area contributed by atoms with Gasteiger partial charge in [-0.2, -0.15) is 0 Å². The minimum atomic E-state index is -0.0244. The van der Waals surface area contributed by atoms with Gasteiger partial charge < -0.3 is 9.64 Å². The van der Waals surface area contributed by atoms with Gasteiger partial charge in [-0.25, -0.2) is 0 Å². The molecule has 0 atom stereocenters. The number of piperidine rings is 1. The maximum atomic E-state index is 12.0. The molecule has 1 fully saturated rings. The van der Waals surface area contributed by atoms with E-state index in [4.69, 9.17) is 4.74 Å². The van der Waals surface area contributed by atoms with Crippen LogP contribution in [0.5, 0.6) is 5.75 Å². The third kappa shape index (κ3) is 3.56. The average molecular weight is 326 g/mol. The van der Waals surface area contributed by atoms with Gasteiger partial charge in [-0.3, -0.25) is 9.59 Å². The Balaban J connectivity index is 1.98. The van der Waals surface area contributed by atoms with Gasteiger partial charge in [-0.15, -0.1) is 0 Å². The van der Waals surface area contributed by atoms with Crippen molar-refractivity contribution in [2.24, 2.45) is 0 Å². The number of amides is 1. The third-order valence-electron chi connectivity index (χ3n) is 3.17. The first-order valence-corrected chi connectivity index (χ1v) is 7.16. The maximum absolute atomic E-state index is 12.0. The highest BCUT2D eigenvalue weighted by atomic mass is 79.9. The van der Waals surface area contributed by atoms with E-state index in [0.29, 0.717) is 15.8 Å². The lowest BCUT2D eigenvalue weighted by molar-refractivity contribution is -0.134. The van der Waals surface area contributed by atoms with Crippen LogP contribution >= 0.6 is 15.9 Å². The molecular formula is C14H16BrNO3. The van der Waals surface area contributed by atoms with Gasteiger partial charge in [-0.05, 0) is 47.3 Å². The summed E-state index contributed by atoms with van der Waals surface area (Å²) < 4.78 is 6.19. The number of benzene rings is 1. The van der Waals surface area contributed by atoms with Crippen LogP contribution in [0.2, 0.25) is 0 Å². The first-order chi connectivity index (χ1) is 9.22. The van der Waals surface area contributed by atoms with Gasteiger partial charge in [0.15, 0.2) is 12.9 Å². The Bertz CT molecular complexity index is 470. The summed E-state index contributed by atoms with van der Waals surface area (Å²) in [4.78, 5) is 24.7. The molecule has 0 unspecified atom stereocenters. The number of ether oxygens (including phenoxy) is 1. The van der Waals surface area contributed by atoms with Crippen LogP contribution in [0.1, 0.15) is 29.6 Å². The van der Waals surface area contributed by atoms with E-state index in [1.807, 2.05) is 4.90 Å². The van der Waals surface area contributed by atoms with Crippen molar-refractivity contribution in [2.75, 3.05) is 19.7 Å². The molecule has 102 valence electrons. The van der Waals surface area contributed by atoms with E-state index in [1.165, 1.54) is 6.42 Å². The normalized spacial score (nSPS) is 15.1. The van der Waals surface area contributed by atoms with Crippen molar-refractivity contribution in [3.05, 3.63) is 28.2 Å². The van der Waals surface area contributed by atoms with Crippen LogP contribution in [-0.2, 0) is 4.79 Å². The fourth-order valence-corrected chi connectivity index (χ4v) is 2.64. The fourth-order valence-electron chi connectivity index (χ4n) is 2.14. The van der Waals surface area contributed by atoms with E-state index in [1.54, 1.807) is 18.2 Å². The Morgan fingerprint density at radius 1 is 1.32 bits per heavy atom. The number of hydrogen-bond donors (Lipinski definition) is 0. The Morgan fingerprint density at radius 2 is 2.05 bits per heavy atom. The minimum absolute atomic E-state index is 0.0210. The van der Waals surface area contributed by atoms with Gasteiger partial charge in [0, 0.05) is 13.1 Å². The van der Waals surface area contributed by atoms with Crippen molar-refractivity contribution in [3.8, 4) is 5.75 Å². The molecule has 1 saturated heterocycles. The molecule has 1 aliphatic rings. The molecule has 5 heteroatoms. The Labute approximate surface area is 120 Å². The Morgan fingerprint density at radius 3 is 2.74 bits per heavy atom. The SMILES string of the molecule is O=Cc1cccc(Br)c1OCC(=O)N1CCCCC1. The van der Waals surface area contributed by atoms with E-state index in [-0.39, 0.29) is 12.5 Å². The summed E-state index contributed by atoms with van der Waals surface area (Å²) >= 11 is 3.33. The molecule has 1 aliphatic heterocycles. The van der Waals surface area contributed by atoms with E-state index in [2.05, 4.69) is 15.9 Å². The van der Waals surface area contributed by atoms with Crippen molar-refractivity contribution in [3.63, 3.8) is 0 Å². The van der Waals surface area contributed by atoms with Crippen LogP contribution < -0.4 is 4.74 Å². The first kappa shape index (κ1) is 14.1. The molecule has 0 aromatic heterocycles. The Hall–Kier alpha value is -1.36. The predicted molar refractivity (Wildman–Crippen MR) is 75.5 cm³/mol. The molecule has 4 nitrogen and oxygen atoms in total. The number of aldehydes is 1. The van der Waals surface area contributed by atoms with Gasteiger partial charge in [-0.1, -0.05) is 6.07 Å². The average Bonchev–Trinajstić information content (AvgIpc) is 2.46. The third-order valence-corrected chi connectivity index (χ3v) is 3.80. The number of likely N-dealkylation sites (tertiary alicyclic amines) is 1. The molecule has 0 radical (unpaired) electrons. The number of carbonyl (C=O) groups is 2. The quantitative estimate of drug-likeness (QED) is 0.799. The highest BCUT2D eigenvalue weighted by Crippen LogP contribution is 2.28. The number of nitrogens with zero attached hydrogens (tertiary/aromatic N) is 1. The molecule has 0 bridgehead atoms. The number of rotatable bonds is 4. The van der Waals surface area contributed by atoms with Crippen LogP contribution in [0.4, 0.5) is 0 Å². The fraction of sp³-hybridized carbons (Fsp3) is 0.429. The summed E-state index contributed by atoms with van der Waals surface area (Å²) in [6, 6.07) is 5.21. The number of carbonyl (C=O) groups excluding carboxylic acids is 2. The molecule has 0 aliphatic carbocycles. The Kier molecular flexibility index (Phi) is 4.96. The molecule has 0 saturated carbocycles. The van der Waals surface area contributed by atoms with Gasteiger partial charge in [0.2, 0.25) is 0 Å². The van der Waals surface area contributed by atoms with Gasteiger partial charge in [0.05, 0.1) is 10.0 Å². The lowest BCUT2D eigenvalue weighted by atomic mass is 10.1. The van der Waals surface area contributed by atoms with E-state index in [9.17, 15) is 9.59 Å². The van der Waals surface area contributed by atoms with Crippen LogP contribution in [0, 0.1) is 0 Å². The molecule has 2 rings (SSSR count). The maximum Gasteiger partial charge on any atom is 0.260 e. The molecule has 1 aromatic rings. The molecule has 19 heavy (non-hydrogen) atoms. The van der Waals surface area contributed by atoms with Gasteiger partial charge in [0.25, 0.3) is 5.91 Å². The summed E-state index contributed by atoms with van der Waals surface area (Å²) in [7, 11) is 0. The van der Waals surface area contributed by atoms with E-state index < -0.39 is 0 Å². The van der Waals surface area contributed by atoms with Crippen LogP contribution in [0.15, 0.2) is 22.7 Å². The standard InChI is InChI=1S/C14H16BrNO3/c15-12-6-4-5-11(9-17)14(12)19-10-13(18)16-7-2-1-3-8-16/h4-6,9H,1-3,7-8,10H2. The molecular weight excluding hydrogens is 310 g/mol. The summed E-state index contributed by atoms with van der Waals surface area (Å²) in [6.07, 6.45) is 4.02. The summed E-state index contributed by atoms with van der Waals surface area (Å²) in [5.74, 6) is 0.412. The lowest BCUT2D eigenvalue weighted by Crippen LogP contribution is -2.38. The monoisotopic (exact) mass is 325 g/mol. The van der Waals surface area contributed by atoms with Gasteiger partial charge >= 0.3 is 0 Å². The van der Waals surface area contributed by atoms with E-state index >= 15 is 0 Å².